The Morgan fingerprint density at radius 2 is 1.75 bits per heavy atom. The predicted molar refractivity (Wildman–Crippen MR) is 72.3 cm³/mol. The number of nitrogens with zero attached hydrogens (tertiary/aromatic N) is 1. The predicted octanol–water partition coefficient (Wildman–Crippen LogP) is 2.93. The molecule has 1 aliphatic carbocycles. The van der Waals surface area contributed by atoms with Crippen molar-refractivity contribution in [1.82, 2.24) is 4.90 Å². The lowest BCUT2D eigenvalue weighted by Crippen LogP contribution is -2.30. The number of fused-ring (bicyclic) bond motifs is 1. The first-order valence-electron chi connectivity index (χ1n) is 6.52. The minimum absolute atomic E-state index is 0.0446. The number of amides is 2. The van der Waals surface area contributed by atoms with Crippen LogP contribution in [0.5, 0.6) is 0 Å². The molecule has 0 bridgehead atoms. The second-order valence-corrected chi connectivity index (χ2v) is 5.59. The zero-order chi connectivity index (χ0) is 14.3. The van der Waals surface area contributed by atoms with Crippen molar-refractivity contribution in [3.63, 3.8) is 0 Å². The van der Waals surface area contributed by atoms with Gasteiger partial charge in [0, 0.05) is 10.6 Å². The molecule has 2 amide bonds. The van der Waals surface area contributed by atoms with Gasteiger partial charge in [0.15, 0.2) is 0 Å². The molecule has 1 heterocycles. The highest BCUT2D eigenvalue weighted by Crippen LogP contribution is 2.36. The smallest absolute Gasteiger partial charge is 0.233 e. The average molecular weight is 294 g/mol. The van der Waals surface area contributed by atoms with E-state index in [1.54, 1.807) is 0 Å². The minimum Gasteiger partial charge on any atom is -0.277 e. The number of carbonyl (C=O) groups excluding carboxylic acids is 2. The van der Waals surface area contributed by atoms with E-state index in [0.717, 1.165) is 4.90 Å². The van der Waals surface area contributed by atoms with Crippen LogP contribution in [0, 0.1) is 17.7 Å². The van der Waals surface area contributed by atoms with Crippen molar-refractivity contribution >= 4 is 23.4 Å². The number of allylic oxidation sites excluding steroid dienone is 2. The molecule has 3 nitrogen and oxygen atoms in total. The fourth-order valence-electron chi connectivity index (χ4n) is 2.86. The van der Waals surface area contributed by atoms with Crippen LogP contribution in [0.2, 0.25) is 5.02 Å². The number of likely N-dealkylation sites (tertiary alicyclic amines) is 1. The monoisotopic (exact) mass is 293 g/mol. The van der Waals surface area contributed by atoms with Crippen LogP contribution in [-0.4, -0.2) is 16.7 Å². The Hall–Kier alpha value is -1.68. The molecule has 2 atom stereocenters. The summed E-state index contributed by atoms with van der Waals surface area (Å²) in [7, 11) is 0. The number of halogens is 2. The number of hydrogen-bond donors (Lipinski definition) is 0. The highest BCUT2D eigenvalue weighted by atomic mass is 35.5. The third-order valence-corrected chi connectivity index (χ3v) is 4.17. The molecule has 20 heavy (non-hydrogen) atoms. The lowest BCUT2D eigenvalue weighted by molar-refractivity contribution is -0.140. The highest BCUT2D eigenvalue weighted by molar-refractivity contribution is 6.30. The largest absolute Gasteiger partial charge is 0.277 e. The summed E-state index contributed by atoms with van der Waals surface area (Å²) < 4.78 is 13.7. The highest BCUT2D eigenvalue weighted by Gasteiger charge is 2.47. The van der Waals surface area contributed by atoms with Crippen LogP contribution in [-0.2, 0) is 16.1 Å². The molecule has 104 valence electrons. The fourth-order valence-corrected chi connectivity index (χ4v) is 3.05. The maximum Gasteiger partial charge on any atom is 0.233 e. The van der Waals surface area contributed by atoms with Crippen LogP contribution in [0.3, 0.4) is 0 Å². The third-order valence-electron chi connectivity index (χ3n) is 3.94. The van der Waals surface area contributed by atoms with Crippen LogP contribution >= 0.6 is 11.6 Å². The molecular formula is C15H13ClFNO2. The maximum atomic E-state index is 13.7. The van der Waals surface area contributed by atoms with Crippen molar-refractivity contribution in [2.24, 2.45) is 11.8 Å². The Morgan fingerprint density at radius 1 is 1.15 bits per heavy atom. The Labute approximate surface area is 121 Å². The van der Waals surface area contributed by atoms with E-state index in [1.807, 2.05) is 12.2 Å². The SMILES string of the molecule is O=C1[C@H]2CC=CC[C@@H]2C(=O)N1Cc1cc(Cl)ccc1F. The summed E-state index contributed by atoms with van der Waals surface area (Å²) in [6.07, 6.45) is 5.03. The van der Waals surface area contributed by atoms with Gasteiger partial charge >= 0.3 is 0 Å². The molecule has 0 N–H and O–H groups in total. The van der Waals surface area contributed by atoms with Gasteiger partial charge in [0.1, 0.15) is 5.82 Å². The summed E-state index contributed by atoms with van der Waals surface area (Å²) in [5.41, 5.74) is 0.269. The van der Waals surface area contributed by atoms with E-state index in [0.29, 0.717) is 17.9 Å². The second kappa shape index (κ2) is 5.02. The lowest BCUT2D eigenvalue weighted by atomic mass is 9.85. The summed E-state index contributed by atoms with van der Waals surface area (Å²) in [5, 5.41) is 0.388. The molecule has 1 aromatic rings. The quantitative estimate of drug-likeness (QED) is 0.621. The maximum absolute atomic E-state index is 13.7. The molecule has 0 radical (unpaired) electrons. The minimum atomic E-state index is -0.456. The van der Waals surface area contributed by atoms with Crippen molar-refractivity contribution in [2.75, 3.05) is 0 Å². The summed E-state index contributed by atoms with van der Waals surface area (Å²) in [4.78, 5) is 25.7. The molecule has 0 saturated carbocycles. The molecule has 0 spiro atoms. The van der Waals surface area contributed by atoms with Crippen molar-refractivity contribution in [1.29, 1.82) is 0 Å². The van der Waals surface area contributed by atoms with E-state index in [-0.39, 0.29) is 35.8 Å². The summed E-state index contributed by atoms with van der Waals surface area (Å²) in [6.45, 7) is -0.0446. The topological polar surface area (TPSA) is 37.4 Å². The molecule has 2 aliphatic rings. The standard InChI is InChI=1S/C15H13ClFNO2/c16-10-5-6-13(17)9(7-10)8-18-14(19)11-3-1-2-4-12(11)15(18)20/h1-2,5-7,11-12H,3-4,8H2/t11-,12-/m0/s1. The van der Waals surface area contributed by atoms with E-state index in [1.165, 1.54) is 18.2 Å². The van der Waals surface area contributed by atoms with Crippen molar-refractivity contribution in [2.45, 2.75) is 19.4 Å². The summed E-state index contributed by atoms with van der Waals surface area (Å²) in [5.74, 6) is -1.43. The fraction of sp³-hybridized carbons (Fsp3) is 0.333. The van der Waals surface area contributed by atoms with Gasteiger partial charge in [0.2, 0.25) is 11.8 Å². The van der Waals surface area contributed by atoms with Gasteiger partial charge in [0.05, 0.1) is 18.4 Å². The van der Waals surface area contributed by atoms with Crippen LogP contribution in [0.25, 0.3) is 0 Å². The Bertz CT molecular complexity index is 588. The zero-order valence-electron chi connectivity index (χ0n) is 10.7. The summed E-state index contributed by atoms with van der Waals surface area (Å²) in [6, 6.07) is 4.15. The van der Waals surface area contributed by atoms with Crippen LogP contribution in [0.1, 0.15) is 18.4 Å². The van der Waals surface area contributed by atoms with E-state index in [4.69, 9.17) is 11.6 Å². The van der Waals surface area contributed by atoms with Crippen molar-refractivity contribution in [3.8, 4) is 0 Å². The second-order valence-electron chi connectivity index (χ2n) is 5.15. The van der Waals surface area contributed by atoms with Crippen molar-refractivity contribution in [3.05, 3.63) is 46.8 Å². The molecular weight excluding hydrogens is 281 g/mol. The Balaban J connectivity index is 1.86. The normalized spacial score (nSPS) is 25.2. The average Bonchev–Trinajstić information content (AvgIpc) is 2.68. The molecule has 0 aromatic heterocycles. The molecule has 1 saturated heterocycles. The lowest BCUT2D eigenvalue weighted by Gasteiger charge is -2.15. The van der Waals surface area contributed by atoms with Gasteiger partial charge in [-0.2, -0.15) is 0 Å². The van der Waals surface area contributed by atoms with Crippen LogP contribution in [0.4, 0.5) is 4.39 Å². The molecule has 3 rings (SSSR count). The number of benzene rings is 1. The number of hydrogen-bond acceptors (Lipinski definition) is 2. The number of carbonyl (C=O) groups is 2. The zero-order valence-corrected chi connectivity index (χ0v) is 11.4. The summed E-state index contributed by atoms with van der Waals surface area (Å²) >= 11 is 5.83. The molecule has 1 fully saturated rings. The van der Waals surface area contributed by atoms with Gasteiger partial charge in [-0.05, 0) is 31.0 Å². The van der Waals surface area contributed by atoms with E-state index in [9.17, 15) is 14.0 Å². The molecule has 0 unspecified atom stereocenters. The first-order valence-corrected chi connectivity index (χ1v) is 6.90. The van der Waals surface area contributed by atoms with Gasteiger partial charge in [-0.15, -0.1) is 0 Å². The van der Waals surface area contributed by atoms with E-state index < -0.39 is 5.82 Å². The van der Waals surface area contributed by atoms with Crippen LogP contribution < -0.4 is 0 Å². The van der Waals surface area contributed by atoms with Gasteiger partial charge in [-0.3, -0.25) is 14.5 Å². The van der Waals surface area contributed by atoms with Gasteiger partial charge < -0.3 is 0 Å². The third kappa shape index (κ3) is 2.14. The Morgan fingerprint density at radius 3 is 2.35 bits per heavy atom. The first kappa shape index (κ1) is 13.3. The number of imide groups is 1. The molecule has 1 aliphatic heterocycles. The van der Waals surface area contributed by atoms with Gasteiger partial charge in [-0.25, -0.2) is 4.39 Å². The van der Waals surface area contributed by atoms with E-state index >= 15 is 0 Å². The van der Waals surface area contributed by atoms with Crippen LogP contribution in [0.15, 0.2) is 30.4 Å². The molecule has 1 aromatic carbocycles. The Kier molecular flexibility index (Phi) is 3.34. The molecule has 5 heteroatoms. The first-order chi connectivity index (χ1) is 9.58. The van der Waals surface area contributed by atoms with Crippen molar-refractivity contribution < 1.29 is 14.0 Å². The van der Waals surface area contributed by atoms with Gasteiger partial charge in [0.25, 0.3) is 0 Å². The van der Waals surface area contributed by atoms with E-state index in [2.05, 4.69) is 0 Å². The van der Waals surface area contributed by atoms with Gasteiger partial charge in [-0.1, -0.05) is 23.8 Å². The number of rotatable bonds is 2.